The number of hydroxylamine groups is 1. The van der Waals surface area contributed by atoms with Crippen molar-refractivity contribution in [2.75, 3.05) is 0 Å². The van der Waals surface area contributed by atoms with E-state index in [1.165, 1.54) is 0 Å². The van der Waals surface area contributed by atoms with Gasteiger partial charge in [-0.3, -0.25) is 5.10 Å². The molecule has 0 bridgehead atoms. The highest BCUT2D eigenvalue weighted by Gasteiger charge is 2.21. The minimum Gasteiger partial charge on any atom is -0.391 e. The summed E-state index contributed by atoms with van der Waals surface area (Å²) in [5.41, 5.74) is 4.70. The lowest BCUT2D eigenvalue weighted by Gasteiger charge is -2.03. The average molecular weight is 202 g/mol. The second kappa shape index (κ2) is 3.06. The standard InChI is InChI=1S/C10H10N4O/c1-6-11-10(14-15-6)9-7-4-2-3-5-8(7)12-13-9/h2-5,10,14H,1H3,(H,12,13). The molecular weight excluding hydrogens is 192 g/mol. The number of nitrogens with one attached hydrogen (secondary N) is 2. The van der Waals surface area contributed by atoms with Crippen LogP contribution >= 0.6 is 0 Å². The van der Waals surface area contributed by atoms with E-state index in [4.69, 9.17) is 4.84 Å². The summed E-state index contributed by atoms with van der Waals surface area (Å²) in [7, 11) is 0. The molecule has 0 radical (unpaired) electrons. The van der Waals surface area contributed by atoms with Gasteiger partial charge in [0.2, 0.25) is 5.90 Å². The summed E-state index contributed by atoms with van der Waals surface area (Å²) < 4.78 is 0. The Labute approximate surface area is 86.1 Å². The second-order valence-electron chi connectivity index (χ2n) is 3.42. The number of aromatic nitrogens is 2. The van der Waals surface area contributed by atoms with Gasteiger partial charge >= 0.3 is 0 Å². The summed E-state index contributed by atoms with van der Waals surface area (Å²) in [6, 6.07) is 7.91. The molecule has 2 aromatic rings. The Balaban J connectivity index is 2.12. The summed E-state index contributed by atoms with van der Waals surface area (Å²) >= 11 is 0. The van der Waals surface area contributed by atoms with E-state index in [9.17, 15) is 0 Å². The van der Waals surface area contributed by atoms with E-state index in [1.54, 1.807) is 0 Å². The Kier molecular flexibility index (Phi) is 1.72. The number of aromatic amines is 1. The van der Waals surface area contributed by atoms with Crippen molar-refractivity contribution in [3.8, 4) is 0 Å². The van der Waals surface area contributed by atoms with Crippen LogP contribution in [0.3, 0.4) is 0 Å². The van der Waals surface area contributed by atoms with Crippen LogP contribution < -0.4 is 5.48 Å². The third-order valence-corrected chi connectivity index (χ3v) is 2.39. The van der Waals surface area contributed by atoms with Crippen LogP contribution in [-0.4, -0.2) is 16.1 Å². The van der Waals surface area contributed by atoms with Gasteiger partial charge in [-0.05, 0) is 6.07 Å². The Bertz CT molecular complexity index is 531. The molecule has 76 valence electrons. The Morgan fingerprint density at radius 1 is 1.33 bits per heavy atom. The normalized spacial score (nSPS) is 20.3. The predicted molar refractivity (Wildman–Crippen MR) is 56.2 cm³/mol. The van der Waals surface area contributed by atoms with Gasteiger partial charge in [-0.25, -0.2) is 4.99 Å². The summed E-state index contributed by atoms with van der Waals surface area (Å²) in [5, 5.41) is 8.24. The number of H-pyrrole nitrogens is 1. The number of aliphatic imine (C=N–C) groups is 1. The van der Waals surface area contributed by atoms with Crippen molar-refractivity contribution in [1.29, 1.82) is 0 Å². The van der Waals surface area contributed by atoms with E-state index < -0.39 is 0 Å². The molecule has 1 aliphatic rings. The fraction of sp³-hybridized carbons (Fsp3) is 0.200. The smallest absolute Gasteiger partial charge is 0.208 e. The highest BCUT2D eigenvalue weighted by atomic mass is 16.7. The molecule has 1 aromatic carbocycles. The van der Waals surface area contributed by atoms with E-state index in [2.05, 4.69) is 20.7 Å². The van der Waals surface area contributed by atoms with Crippen molar-refractivity contribution < 1.29 is 4.84 Å². The van der Waals surface area contributed by atoms with Gasteiger partial charge in [-0.15, -0.1) is 5.48 Å². The maximum Gasteiger partial charge on any atom is 0.208 e. The first-order chi connectivity index (χ1) is 7.34. The number of para-hydroxylation sites is 1. The molecule has 2 N–H and O–H groups in total. The van der Waals surface area contributed by atoms with Gasteiger partial charge < -0.3 is 4.84 Å². The molecule has 0 saturated carbocycles. The molecule has 15 heavy (non-hydrogen) atoms. The number of nitrogens with zero attached hydrogens (tertiary/aromatic N) is 2. The fourth-order valence-electron chi connectivity index (χ4n) is 1.69. The molecular formula is C10H10N4O. The fourth-order valence-corrected chi connectivity index (χ4v) is 1.69. The predicted octanol–water partition coefficient (Wildman–Crippen LogP) is 1.51. The zero-order valence-electron chi connectivity index (χ0n) is 8.19. The molecule has 2 heterocycles. The van der Waals surface area contributed by atoms with Gasteiger partial charge in [0.25, 0.3) is 0 Å². The number of hydrogen-bond donors (Lipinski definition) is 2. The van der Waals surface area contributed by atoms with Gasteiger partial charge in [0.05, 0.1) is 11.2 Å². The highest BCUT2D eigenvalue weighted by molar-refractivity contribution is 5.82. The third kappa shape index (κ3) is 1.28. The maximum absolute atomic E-state index is 5.09. The van der Waals surface area contributed by atoms with E-state index in [-0.39, 0.29) is 6.17 Å². The van der Waals surface area contributed by atoms with Crippen molar-refractivity contribution in [3.63, 3.8) is 0 Å². The van der Waals surface area contributed by atoms with Crippen LogP contribution in [0, 0.1) is 0 Å². The largest absolute Gasteiger partial charge is 0.391 e. The van der Waals surface area contributed by atoms with Crippen LogP contribution in [0.15, 0.2) is 29.3 Å². The van der Waals surface area contributed by atoms with Crippen molar-refractivity contribution in [2.24, 2.45) is 4.99 Å². The van der Waals surface area contributed by atoms with Crippen LogP contribution in [0.4, 0.5) is 0 Å². The van der Waals surface area contributed by atoms with Gasteiger partial charge in [-0.2, -0.15) is 5.10 Å². The first-order valence-corrected chi connectivity index (χ1v) is 4.74. The van der Waals surface area contributed by atoms with Gasteiger partial charge in [0, 0.05) is 12.3 Å². The van der Waals surface area contributed by atoms with Crippen molar-refractivity contribution >= 4 is 16.8 Å². The number of hydrogen-bond acceptors (Lipinski definition) is 4. The van der Waals surface area contributed by atoms with Crippen molar-refractivity contribution in [3.05, 3.63) is 30.0 Å². The van der Waals surface area contributed by atoms with Crippen molar-refractivity contribution in [2.45, 2.75) is 13.1 Å². The minimum absolute atomic E-state index is 0.183. The van der Waals surface area contributed by atoms with Gasteiger partial charge in [0.1, 0.15) is 0 Å². The van der Waals surface area contributed by atoms with E-state index in [1.807, 2.05) is 31.2 Å². The summed E-state index contributed by atoms with van der Waals surface area (Å²) in [5.74, 6) is 0.638. The molecule has 0 amide bonds. The summed E-state index contributed by atoms with van der Waals surface area (Å²) in [4.78, 5) is 9.38. The minimum atomic E-state index is -0.183. The Morgan fingerprint density at radius 3 is 3.00 bits per heavy atom. The van der Waals surface area contributed by atoms with Crippen LogP contribution in [0.2, 0.25) is 0 Å². The molecule has 0 aliphatic carbocycles. The van der Waals surface area contributed by atoms with Gasteiger partial charge in [-0.1, -0.05) is 18.2 Å². The number of rotatable bonds is 1. The number of benzene rings is 1. The zero-order chi connectivity index (χ0) is 10.3. The summed E-state index contributed by atoms with van der Waals surface area (Å²) in [6.07, 6.45) is -0.183. The topological polar surface area (TPSA) is 62.3 Å². The lowest BCUT2D eigenvalue weighted by molar-refractivity contribution is 0.177. The Hall–Kier alpha value is -1.88. The van der Waals surface area contributed by atoms with Crippen molar-refractivity contribution in [1.82, 2.24) is 15.7 Å². The molecule has 0 fully saturated rings. The zero-order valence-corrected chi connectivity index (χ0v) is 8.19. The molecule has 1 atom stereocenters. The highest BCUT2D eigenvalue weighted by Crippen LogP contribution is 2.24. The number of fused-ring (bicyclic) bond motifs is 1. The van der Waals surface area contributed by atoms with Crippen LogP contribution in [0.25, 0.3) is 10.9 Å². The maximum atomic E-state index is 5.09. The average Bonchev–Trinajstić information content (AvgIpc) is 2.83. The van der Waals surface area contributed by atoms with Crippen LogP contribution in [0.1, 0.15) is 18.8 Å². The molecule has 3 rings (SSSR count). The molecule has 0 saturated heterocycles. The second-order valence-corrected chi connectivity index (χ2v) is 3.42. The lowest BCUT2D eigenvalue weighted by Crippen LogP contribution is -2.14. The Morgan fingerprint density at radius 2 is 2.20 bits per heavy atom. The summed E-state index contributed by atoms with van der Waals surface area (Å²) in [6.45, 7) is 1.81. The molecule has 1 unspecified atom stereocenters. The van der Waals surface area contributed by atoms with E-state index in [0.717, 1.165) is 16.6 Å². The lowest BCUT2D eigenvalue weighted by atomic mass is 10.2. The first kappa shape index (κ1) is 8.43. The molecule has 5 heteroatoms. The monoisotopic (exact) mass is 202 g/mol. The quantitative estimate of drug-likeness (QED) is 0.736. The molecule has 1 aromatic heterocycles. The van der Waals surface area contributed by atoms with Crippen LogP contribution in [0.5, 0.6) is 0 Å². The first-order valence-electron chi connectivity index (χ1n) is 4.74. The molecule has 0 spiro atoms. The third-order valence-electron chi connectivity index (χ3n) is 2.39. The van der Waals surface area contributed by atoms with Crippen LogP contribution in [-0.2, 0) is 4.84 Å². The van der Waals surface area contributed by atoms with E-state index >= 15 is 0 Å². The molecule has 5 nitrogen and oxygen atoms in total. The van der Waals surface area contributed by atoms with Gasteiger partial charge in [0.15, 0.2) is 6.17 Å². The molecule has 1 aliphatic heterocycles. The SMILES string of the molecule is CC1=NC(c2[nH]nc3ccccc23)NO1. The van der Waals surface area contributed by atoms with E-state index in [0.29, 0.717) is 5.90 Å².